The van der Waals surface area contributed by atoms with E-state index in [2.05, 4.69) is 51.3 Å². The zero-order chi connectivity index (χ0) is 12.8. The Morgan fingerprint density at radius 1 is 1.28 bits per heavy atom. The fourth-order valence-electron chi connectivity index (χ4n) is 2.08. The molecule has 0 aliphatic carbocycles. The van der Waals surface area contributed by atoms with Crippen molar-refractivity contribution in [2.45, 2.75) is 26.3 Å². The van der Waals surface area contributed by atoms with E-state index in [1.54, 1.807) is 0 Å². The average molecular weight is 244 g/mol. The summed E-state index contributed by atoms with van der Waals surface area (Å²) in [5.74, 6) is 0.976. The van der Waals surface area contributed by atoms with Crippen LogP contribution in [0.2, 0.25) is 0 Å². The topological polar surface area (TPSA) is 42.7 Å². The summed E-state index contributed by atoms with van der Waals surface area (Å²) in [7, 11) is 1.97. The molecule has 2 rings (SSSR count). The van der Waals surface area contributed by atoms with Crippen molar-refractivity contribution in [2.24, 2.45) is 0 Å². The molecule has 2 aromatic rings. The number of hydrogen-bond acceptors (Lipinski definition) is 3. The second kappa shape index (κ2) is 6.31. The van der Waals surface area contributed by atoms with Gasteiger partial charge in [-0.3, -0.25) is 0 Å². The van der Waals surface area contributed by atoms with Crippen LogP contribution < -0.4 is 5.32 Å². The first kappa shape index (κ1) is 12.8. The molecule has 0 saturated heterocycles. The van der Waals surface area contributed by atoms with Crippen LogP contribution in [0.4, 0.5) is 0 Å². The third-order valence-electron chi connectivity index (χ3n) is 2.98. The molecule has 0 atom stereocenters. The van der Waals surface area contributed by atoms with Gasteiger partial charge >= 0.3 is 0 Å². The van der Waals surface area contributed by atoms with E-state index in [0.29, 0.717) is 0 Å². The Balaban J connectivity index is 2.33. The van der Waals surface area contributed by atoms with Crippen LogP contribution in [0.5, 0.6) is 0 Å². The summed E-state index contributed by atoms with van der Waals surface area (Å²) in [6.07, 6.45) is 3.91. The number of aryl methyl sites for hydroxylation is 1. The minimum atomic E-state index is 0.961. The molecule has 18 heavy (non-hydrogen) atoms. The fourth-order valence-corrected chi connectivity index (χ4v) is 2.08. The molecule has 0 radical (unpaired) electrons. The van der Waals surface area contributed by atoms with Crippen LogP contribution in [0, 0.1) is 0 Å². The maximum atomic E-state index is 4.27. The van der Waals surface area contributed by atoms with Gasteiger partial charge in [0, 0.05) is 12.1 Å². The summed E-state index contributed by atoms with van der Waals surface area (Å²) in [6.45, 7) is 4.10. The van der Waals surface area contributed by atoms with Crippen LogP contribution >= 0.6 is 0 Å². The number of aromatic nitrogens is 3. The zero-order valence-electron chi connectivity index (χ0n) is 11.1. The summed E-state index contributed by atoms with van der Waals surface area (Å²) >= 11 is 0. The standard InChI is InChI=1S/C14H20N4/c1-3-10-18-11-16-17-14(18)13-7-5-4-6-12(13)8-9-15-2/h4-7,11,15H,3,8-10H2,1-2H3. The highest BCUT2D eigenvalue weighted by molar-refractivity contribution is 5.60. The highest BCUT2D eigenvalue weighted by atomic mass is 15.3. The van der Waals surface area contributed by atoms with E-state index in [9.17, 15) is 0 Å². The molecule has 4 nitrogen and oxygen atoms in total. The van der Waals surface area contributed by atoms with Crippen molar-refractivity contribution in [3.8, 4) is 11.4 Å². The summed E-state index contributed by atoms with van der Waals surface area (Å²) in [6, 6.07) is 8.43. The molecule has 0 aliphatic heterocycles. The van der Waals surface area contributed by atoms with Gasteiger partial charge < -0.3 is 9.88 Å². The number of hydrogen-bond donors (Lipinski definition) is 1. The Hall–Kier alpha value is -1.68. The largest absolute Gasteiger partial charge is 0.319 e. The lowest BCUT2D eigenvalue weighted by Crippen LogP contribution is -2.11. The van der Waals surface area contributed by atoms with E-state index >= 15 is 0 Å². The van der Waals surface area contributed by atoms with Crippen molar-refractivity contribution in [1.29, 1.82) is 0 Å². The summed E-state index contributed by atoms with van der Waals surface area (Å²) in [4.78, 5) is 0. The predicted octanol–water partition coefficient (Wildman–Crippen LogP) is 2.12. The highest BCUT2D eigenvalue weighted by Gasteiger charge is 2.10. The molecule has 0 aliphatic rings. The minimum Gasteiger partial charge on any atom is -0.319 e. The van der Waals surface area contributed by atoms with Crippen LogP contribution in [0.25, 0.3) is 11.4 Å². The van der Waals surface area contributed by atoms with Gasteiger partial charge in [0.15, 0.2) is 5.82 Å². The molecule has 0 fully saturated rings. The SMILES string of the molecule is CCCn1cnnc1-c1ccccc1CCNC. The maximum Gasteiger partial charge on any atom is 0.164 e. The number of nitrogens with one attached hydrogen (secondary N) is 1. The minimum absolute atomic E-state index is 0.961. The molecule has 0 amide bonds. The molecule has 0 spiro atoms. The highest BCUT2D eigenvalue weighted by Crippen LogP contribution is 2.22. The van der Waals surface area contributed by atoms with E-state index in [0.717, 1.165) is 31.8 Å². The van der Waals surface area contributed by atoms with Crippen molar-refractivity contribution in [3.05, 3.63) is 36.2 Å². The molecule has 4 heteroatoms. The molecular formula is C14H20N4. The number of likely N-dealkylation sites (N-methyl/N-ethyl adjacent to an activating group) is 1. The lowest BCUT2D eigenvalue weighted by atomic mass is 10.0. The second-order valence-electron chi connectivity index (χ2n) is 4.36. The molecule has 96 valence electrons. The summed E-state index contributed by atoms with van der Waals surface area (Å²) in [5.41, 5.74) is 2.51. The number of benzene rings is 1. The zero-order valence-corrected chi connectivity index (χ0v) is 11.1. The molecule has 1 N–H and O–H groups in total. The van der Waals surface area contributed by atoms with Crippen LogP contribution in [0.1, 0.15) is 18.9 Å². The predicted molar refractivity (Wildman–Crippen MR) is 73.4 cm³/mol. The summed E-state index contributed by atoms with van der Waals surface area (Å²) < 4.78 is 2.12. The van der Waals surface area contributed by atoms with Gasteiger partial charge in [-0.25, -0.2) is 0 Å². The van der Waals surface area contributed by atoms with E-state index in [-0.39, 0.29) is 0 Å². The van der Waals surface area contributed by atoms with Gasteiger partial charge in [0.1, 0.15) is 6.33 Å². The van der Waals surface area contributed by atoms with Crippen molar-refractivity contribution >= 4 is 0 Å². The number of nitrogens with zero attached hydrogens (tertiary/aromatic N) is 3. The molecule has 1 heterocycles. The first-order valence-corrected chi connectivity index (χ1v) is 6.47. The van der Waals surface area contributed by atoms with Gasteiger partial charge in [-0.05, 0) is 32.0 Å². The first-order chi connectivity index (χ1) is 8.86. The van der Waals surface area contributed by atoms with E-state index in [1.165, 1.54) is 11.1 Å². The van der Waals surface area contributed by atoms with E-state index in [1.807, 2.05) is 13.4 Å². The molecule has 0 unspecified atom stereocenters. The van der Waals surface area contributed by atoms with Crippen LogP contribution in [-0.4, -0.2) is 28.4 Å². The van der Waals surface area contributed by atoms with Gasteiger partial charge in [0.2, 0.25) is 0 Å². The second-order valence-corrected chi connectivity index (χ2v) is 4.36. The molecule has 1 aromatic carbocycles. The Morgan fingerprint density at radius 3 is 2.89 bits per heavy atom. The van der Waals surface area contributed by atoms with Gasteiger partial charge in [-0.2, -0.15) is 0 Å². The van der Waals surface area contributed by atoms with Gasteiger partial charge in [0.25, 0.3) is 0 Å². The van der Waals surface area contributed by atoms with Gasteiger partial charge in [0.05, 0.1) is 0 Å². The Labute approximate surface area is 108 Å². The molecular weight excluding hydrogens is 224 g/mol. The van der Waals surface area contributed by atoms with Crippen molar-refractivity contribution in [1.82, 2.24) is 20.1 Å². The first-order valence-electron chi connectivity index (χ1n) is 6.47. The van der Waals surface area contributed by atoms with Crippen LogP contribution in [-0.2, 0) is 13.0 Å². The van der Waals surface area contributed by atoms with Gasteiger partial charge in [-0.15, -0.1) is 10.2 Å². The third kappa shape index (κ3) is 2.76. The Bertz CT molecular complexity index is 490. The Morgan fingerprint density at radius 2 is 2.11 bits per heavy atom. The fraction of sp³-hybridized carbons (Fsp3) is 0.429. The van der Waals surface area contributed by atoms with E-state index < -0.39 is 0 Å². The van der Waals surface area contributed by atoms with Crippen molar-refractivity contribution < 1.29 is 0 Å². The van der Waals surface area contributed by atoms with Crippen molar-refractivity contribution in [3.63, 3.8) is 0 Å². The molecule has 1 aromatic heterocycles. The normalized spacial score (nSPS) is 10.8. The smallest absolute Gasteiger partial charge is 0.164 e. The van der Waals surface area contributed by atoms with Crippen LogP contribution in [0.3, 0.4) is 0 Å². The van der Waals surface area contributed by atoms with E-state index in [4.69, 9.17) is 0 Å². The van der Waals surface area contributed by atoms with Crippen molar-refractivity contribution in [2.75, 3.05) is 13.6 Å². The quantitative estimate of drug-likeness (QED) is 0.846. The maximum absolute atomic E-state index is 4.27. The molecule has 0 saturated carbocycles. The average Bonchev–Trinajstić information content (AvgIpc) is 2.85. The van der Waals surface area contributed by atoms with Crippen LogP contribution in [0.15, 0.2) is 30.6 Å². The lowest BCUT2D eigenvalue weighted by molar-refractivity contribution is 0.682. The van der Waals surface area contributed by atoms with Gasteiger partial charge in [-0.1, -0.05) is 31.2 Å². The summed E-state index contributed by atoms with van der Waals surface area (Å²) in [5, 5.41) is 11.5. The third-order valence-corrected chi connectivity index (χ3v) is 2.98. The lowest BCUT2D eigenvalue weighted by Gasteiger charge is -2.10. The monoisotopic (exact) mass is 244 g/mol. The molecule has 0 bridgehead atoms. The number of rotatable bonds is 6. The Kier molecular flexibility index (Phi) is 4.47.